The van der Waals surface area contributed by atoms with Gasteiger partial charge in [-0.2, -0.15) is 0 Å². The summed E-state index contributed by atoms with van der Waals surface area (Å²) in [6.45, 7) is 1.03. The second-order valence-electron chi connectivity index (χ2n) is 3.78. The topological polar surface area (TPSA) is 92.4 Å². The Bertz CT molecular complexity index is 429. The van der Waals surface area contributed by atoms with Gasteiger partial charge in [0, 0.05) is 18.8 Å². The summed E-state index contributed by atoms with van der Waals surface area (Å²) >= 11 is 0. The van der Waals surface area contributed by atoms with Crippen LogP contribution in [0.4, 0.5) is 5.69 Å². The highest BCUT2D eigenvalue weighted by atomic mass is 32.2. The maximum atomic E-state index is 11.0. The zero-order valence-corrected chi connectivity index (χ0v) is 10.4. The summed E-state index contributed by atoms with van der Waals surface area (Å²) < 4.78 is 22.0. The van der Waals surface area contributed by atoms with Crippen LogP contribution in [0, 0.1) is 0 Å². The van der Waals surface area contributed by atoms with E-state index in [1.807, 2.05) is 0 Å². The molecule has 0 fully saturated rings. The number of aliphatic hydroxyl groups excluding tert-OH is 1. The van der Waals surface area contributed by atoms with Crippen LogP contribution in [-0.4, -0.2) is 26.7 Å². The summed E-state index contributed by atoms with van der Waals surface area (Å²) in [4.78, 5) is 0.114. The Morgan fingerprint density at radius 2 is 1.76 bits per heavy atom. The Balaban J connectivity index is 2.41. The average Bonchev–Trinajstić information content (AvgIpc) is 2.28. The van der Waals surface area contributed by atoms with Gasteiger partial charge in [-0.05, 0) is 43.5 Å². The van der Waals surface area contributed by atoms with Crippen LogP contribution in [0.15, 0.2) is 29.2 Å². The molecule has 0 amide bonds. The Morgan fingerprint density at radius 3 is 2.29 bits per heavy atom. The van der Waals surface area contributed by atoms with E-state index < -0.39 is 10.0 Å². The van der Waals surface area contributed by atoms with Gasteiger partial charge in [-0.3, -0.25) is 0 Å². The Morgan fingerprint density at radius 1 is 1.12 bits per heavy atom. The zero-order chi connectivity index (χ0) is 12.7. The summed E-state index contributed by atoms with van der Waals surface area (Å²) in [5.74, 6) is 0. The SMILES string of the molecule is NS(=O)(=O)c1ccc(NCCCCCO)cc1. The first-order chi connectivity index (χ1) is 8.04. The predicted octanol–water partition coefficient (Wildman–Crippen LogP) is 0.908. The average molecular weight is 258 g/mol. The van der Waals surface area contributed by atoms with Crippen LogP contribution < -0.4 is 10.5 Å². The third-order valence-corrected chi connectivity index (χ3v) is 3.28. The largest absolute Gasteiger partial charge is 0.396 e. The number of benzene rings is 1. The lowest BCUT2D eigenvalue weighted by Crippen LogP contribution is -2.12. The van der Waals surface area contributed by atoms with Crippen LogP contribution in [0.2, 0.25) is 0 Å². The fraction of sp³-hybridized carbons (Fsp3) is 0.455. The molecular weight excluding hydrogens is 240 g/mol. The molecule has 5 nitrogen and oxygen atoms in total. The standard InChI is InChI=1S/C11H18N2O3S/c12-17(15,16)11-6-4-10(5-7-11)13-8-2-1-3-9-14/h4-7,13-14H,1-3,8-9H2,(H2,12,15,16). The van der Waals surface area contributed by atoms with E-state index in [0.29, 0.717) is 0 Å². The van der Waals surface area contributed by atoms with Crippen molar-refractivity contribution in [1.29, 1.82) is 0 Å². The lowest BCUT2D eigenvalue weighted by atomic mass is 10.2. The third-order valence-electron chi connectivity index (χ3n) is 2.35. The molecule has 1 aromatic carbocycles. The molecule has 1 aromatic rings. The van der Waals surface area contributed by atoms with Crippen molar-refractivity contribution < 1.29 is 13.5 Å². The maximum absolute atomic E-state index is 11.0. The molecular formula is C11H18N2O3S. The molecule has 0 saturated carbocycles. The normalized spacial score (nSPS) is 11.4. The maximum Gasteiger partial charge on any atom is 0.238 e. The fourth-order valence-corrected chi connectivity index (χ4v) is 1.92. The van der Waals surface area contributed by atoms with Crippen LogP contribution in [0.1, 0.15) is 19.3 Å². The minimum atomic E-state index is -3.61. The molecule has 0 saturated heterocycles. The number of unbranched alkanes of at least 4 members (excludes halogenated alkanes) is 2. The van der Waals surface area contributed by atoms with Crippen LogP contribution in [0.3, 0.4) is 0 Å². The van der Waals surface area contributed by atoms with Crippen molar-refractivity contribution in [2.24, 2.45) is 5.14 Å². The second kappa shape index (κ2) is 6.58. The first-order valence-corrected chi connectivity index (χ1v) is 7.06. The number of aliphatic hydroxyl groups is 1. The summed E-state index contributed by atoms with van der Waals surface area (Å²) in [5.41, 5.74) is 0.862. The number of sulfonamides is 1. The van der Waals surface area contributed by atoms with E-state index in [0.717, 1.165) is 31.5 Å². The highest BCUT2D eigenvalue weighted by Gasteiger charge is 2.06. The first-order valence-electron chi connectivity index (χ1n) is 5.51. The van der Waals surface area contributed by atoms with E-state index in [9.17, 15) is 8.42 Å². The van der Waals surface area contributed by atoms with Crippen molar-refractivity contribution in [2.75, 3.05) is 18.5 Å². The number of hydrogen-bond acceptors (Lipinski definition) is 4. The molecule has 96 valence electrons. The third kappa shape index (κ3) is 5.16. The number of hydrogen-bond donors (Lipinski definition) is 3. The first kappa shape index (κ1) is 14.0. The van der Waals surface area contributed by atoms with Gasteiger partial charge < -0.3 is 10.4 Å². The summed E-state index contributed by atoms with van der Waals surface area (Å²) in [6, 6.07) is 6.33. The minimum Gasteiger partial charge on any atom is -0.396 e. The van der Waals surface area contributed by atoms with Crippen molar-refractivity contribution in [1.82, 2.24) is 0 Å². The lowest BCUT2D eigenvalue weighted by Gasteiger charge is -2.06. The van der Waals surface area contributed by atoms with Crippen molar-refractivity contribution in [3.05, 3.63) is 24.3 Å². The lowest BCUT2D eigenvalue weighted by molar-refractivity contribution is 0.283. The molecule has 0 heterocycles. The number of rotatable bonds is 7. The second-order valence-corrected chi connectivity index (χ2v) is 5.34. The molecule has 6 heteroatoms. The smallest absolute Gasteiger partial charge is 0.238 e. The Hall–Kier alpha value is -1.11. The van der Waals surface area contributed by atoms with E-state index in [1.54, 1.807) is 12.1 Å². The molecule has 0 aliphatic carbocycles. The molecule has 1 rings (SSSR count). The highest BCUT2D eigenvalue weighted by Crippen LogP contribution is 2.12. The van der Waals surface area contributed by atoms with Gasteiger partial charge >= 0.3 is 0 Å². The molecule has 0 aliphatic rings. The summed E-state index contributed by atoms with van der Waals surface area (Å²) in [6.07, 6.45) is 2.75. The molecule has 0 spiro atoms. The van der Waals surface area contributed by atoms with E-state index in [2.05, 4.69) is 5.32 Å². The summed E-state index contributed by atoms with van der Waals surface area (Å²) in [7, 11) is -3.61. The van der Waals surface area contributed by atoms with Gasteiger partial charge in [0.1, 0.15) is 0 Å². The minimum absolute atomic E-state index is 0.114. The monoisotopic (exact) mass is 258 g/mol. The number of nitrogens with one attached hydrogen (secondary N) is 1. The summed E-state index contributed by atoms with van der Waals surface area (Å²) in [5, 5.41) is 16.8. The van der Waals surface area contributed by atoms with Gasteiger partial charge in [0.05, 0.1) is 4.90 Å². The molecule has 0 aromatic heterocycles. The van der Waals surface area contributed by atoms with E-state index >= 15 is 0 Å². The zero-order valence-electron chi connectivity index (χ0n) is 9.59. The predicted molar refractivity (Wildman–Crippen MR) is 67.2 cm³/mol. The molecule has 4 N–H and O–H groups in total. The number of primary sulfonamides is 1. The molecule has 17 heavy (non-hydrogen) atoms. The van der Waals surface area contributed by atoms with Gasteiger partial charge in [0.15, 0.2) is 0 Å². The highest BCUT2D eigenvalue weighted by molar-refractivity contribution is 7.89. The van der Waals surface area contributed by atoms with E-state index in [-0.39, 0.29) is 11.5 Å². The van der Waals surface area contributed by atoms with Crippen molar-refractivity contribution in [2.45, 2.75) is 24.2 Å². The van der Waals surface area contributed by atoms with Crippen LogP contribution in [0.5, 0.6) is 0 Å². The van der Waals surface area contributed by atoms with Crippen LogP contribution in [-0.2, 0) is 10.0 Å². The van der Waals surface area contributed by atoms with Crippen molar-refractivity contribution in [3.63, 3.8) is 0 Å². The van der Waals surface area contributed by atoms with Crippen molar-refractivity contribution >= 4 is 15.7 Å². The Kier molecular flexibility index (Phi) is 5.40. The van der Waals surface area contributed by atoms with Gasteiger partial charge in [0.25, 0.3) is 0 Å². The molecule has 0 aliphatic heterocycles. The number of anilines is 1. The molecule has 0 atom stereocenters. The quantitative estimate of drug-likeness (QED) is 0.634. The van der Waals surface area contributed by atoms with Gasteiger partial charge in [0.2, 0.25) is 10.0 Å². The van der Waals surface area contributed by atoms with Gasteiger partial charge in [-0.15, -0.1) is 0 Å². The van der Waals surface area contributed by atoms with Crippen LogP contribution in [0.25, 0.3) is 0 Å². The fourth-order valence-electron chi connectivity index (χ4n) is 1.41. The van der Waals surface area contributed by atoms with Gasteiger partial charge in [-0.1, -0.05) is 0 Å². The number of nitrogens with two attached hydrogens (primary N) is 1. The molecule has 0 unspecified atom stereocenters. The Labute approximate surface area is 102 Å². The van der Waals surface area contributed by atoms with Crippen LogP contribution >= 0.6 is 0 Å². The van der Waals surface area contributed by atoms with Crippen molar-refractivity contribution in [3.8, 4) is 0 Å². The van der Waals surface area contributed by atoms with Gasteiger partial charge in [-0.25, -0.2) is 13.6 Å². The molecule has 0 radical (unpaired) electrons. The van der Waals surface area contributed by atoms with E-state index in [4.69, 9.17) is 10.2 Å². The van der Waals surface area contributed by atoms with E-state index in [1.165, 1.54) is 12.1 Å². The molecule has 0 bridgehead atoms.